The van der Waals surface area contributed by atoms with E-state index < -0.39 is 5.91 Å². The molecular formula is C17H21N5O2S. The Morgan fingerprint density at radius 3 is 2.76 bits per heavy atom. The Balaban J connectivity index is 1.64. The highest BCUT2D eigenvalue weighted by Gasteiger charge is 2.16. The normalized spacial score (nSPS) is 14.9. The third-order valence-electron chi connectivity index (χ3n) is 4.35. The maximum absolute atomic E-state index is 12.4. The number of hydrazine groups is 1. The van der Waals surface area contributed by atoms with Gasteiger partial charge in [0.25, 0.3) is 5.91 Å². The summed E-state index contributed by atoms with van der Waals surface area (Å²) >= 11 is 5.19. The van der Waals surface area contributed by atoms with Crippen LogP contribution in [0.1, 0.15) is 48.2 Å². The van der Waals surface area contributed by atoms with Crippen LogP contribution in [0.25, 0.3) is 11.0 Å². The van der Waals surface area contributed by atoms with Crippen molar-refractivity contribution in [1.82, 2.24) is 26.1 Å². The summed E-state index contributed by atoms with van der Waals surface area (Å²) in [4.78, 5) is 31.8. The predicted molar refractivity (Wildman–Crippen MR) is 100 cm³/mol. The Morgan fingerprint density at radius 1 is 1.24 bits per heavy atom. The van der Waals surface area contributed by atoms with E-state index in [0.29, 0.717) is 22.2 Å². The molecular weight excluding hydrogens is 338 g/mol. The number of thiocarbonyl (C=S) groups is 1. The summed E-state index contributed by atoms with van der Waals surface area (Å²) in [5.74, 6) is -0.545. The smallest absolute Gasteiger partial charge is 0.275 e. The molecule has 0 atom stereocenters. The minimum Gasteiger partial charge on any atom is -0.359 e. The molecule has 0 saturated heterocycles. The molecule has 2 aromatic heterocycles. The van der Waals surface area contributed by atoms with Crippen molar-refractivity contribution in [3.05, 3.63) is 39.8 Å². The number of rotatable bonds is 2. The average molecular weight is 359 g/mol. The zero-order chi connectivity index (χ0) is 17.8. The van der Waals surface area contributed by atoms with E-state index in [-0.39, 0.29) is 11.0 Å². The van der Waals surface area contributed by atoms with Gasteiger partial charge in [-0.3, -0.25) is 20.4 Å². The van der Waals surface area contributed by atoms with Crippen molar-refractivity contribution >= 4 is 34.3 Å². The minimum absolute atomic E-state index is 0.00567. The van der Waals surface area contributed by atoms with E-state index in [1.807, 2.05) is 6.92 Å². The molecule has 4 N–H and O–H groups in total. The van der Waals surface area contributed by atoms with Crippen LogP contribution in [0.15, 0.2) is 23.1 Å². The van der Waals surface area contributed by atoms with Crippen LogP contribution in [-0.2, 0) is 0 Å². The van der Waals surface area contributed by atoms with Crippen LogP contribution in [0, 0.1) is 6.92 Å². The number of nitrogens with zero attached hydrogens (tertiary/aromatic N) is 1. The van der Waals surface area contributed by atoms with Crippen molar-refractivity contribution in [2.45, 2.75) is 45.1 Å². The highest BCUT2D eigenvalue weighted by Crippen LogP contribution is 2.17. The molecule has 1 saturated carbocycles. The summed E-state index contributed by atoms with van der Waals surface area (Å²) in [7, 11) is 0. The lowest BCUT2D eigenvalue weighted by molar-refractivity contribution is 0.0942. The van der Waals surface area contributed by atoms with Gasteiger partial charge in [0.2, 0.25) is 5.43 Å². The molecule has 1 aliphatic rings. The zero-order valence-electron chi connectivity index (χ0n) is 14.0. The molecule has 1 aliphatic carbocycles. The van der Waals surface area contributed by atoms with Gasteiger partial charge in [-0.2, -0.15) is 0 Å². The average Bonchev–Trinajstić information content (AvgIpc) is 2.61. The summed E-state index contributed by atoms with van der Waals surface area (Å²) in [6.07, 6.45) is 7.15. The summed E-state index contributed by atoms with van der Waals surface area (Å²) < 4.78 is 0. The molecule has 0 aromatic carbocycles. The van der Waals surface area contributed by atoms with Crippen LogP contribution >= 0.6 is 12.2 Å². The lowest BCUT2D eigenvalue weighted by Crippen LogP contribution is -2.50. The van der Waals surface area contributed by atoms with E-state index in [9.17, 15) is 9.59 Å². The van der Waals surface area contributed by atoms with Crippen molar-refractivity contribution in [3.63, 3.8) is 0 Å². The van der Waals surface area contributed by atoms with Crippen LogP contribution < -0.4 is 21.6 Å². The number of aryl methyl sites for hydroxylation is 1. The number of pyridine rings is 2. The maximum Gasteiger partial charge on any atom is 0.275 e. The van der Waals surface area contributed by atoms with Crippen molar-refractivity contribution in [2.75, 3.05) is 0 Å². The van der Waals surface area contributed by atoms with E-state index in [1.165, 1.54) is 25.5 Å². The Labute approximate surface area is 150 Å². The van der Waals surface area contributed by atoms with Gasteiger partial charge in [-0.1, -0.05) is 19.3 Å². The minimum atomic E-state index is -0.545. The van der Waals surface area contributed by atoms with E-state index in [1.54, 1.807) is 12.1 Å². The molecule has 0 spiro atoms. The van der Waals surface area contributed by atoms with Crippen LogP contribution in [0.2, 0.25) is 0 Å². The van der Waals surface area contributed by atoms with Crippen molar-refractivity contribution < 1.29 is 4.79 Å². The lowest BCUT2D eigenvalue weighted by atomic mass is 9.96. The number of hydrogen-bond donors (Lipinski definition) is 4. The fraction of sp³-hybridized carbons (Fsp3) is 0.412. The first-order chi connectivity index (χ1) is 12.0. The molecule has 25 heavy (non-hydrogen) atoms. The molecule has 1 fully saturated rings. The quantitative estimate of drug-likeness (QED) is 0.481. The third-order valence-corrected chi connectivity index (χ3v) is 4.57. The first kappa shape index (κ1) is 17.3. The molecule has 0 radical (unpaired) electrons. The Bertz CT molecular complexity index is 858. The monoisotopic (exact) mass is 359 g/mol. The van der Waals surface area contributed by atoms with Gasteiger partial charge in [0.15, 0.2) is 5.11 Å². The Kier molecular flexibility index (Phi) is 5.28. The van der Waals surface area contributed by atoms with E-state index in [0.717, 1.165) is 18.5 Å². The lowest BCUT2D eigenvalue weighted by Gasteiger charge is -2.24. The van der Waals surface area contributed by atoms with Gasteiger partial charge in [0.05, 0.1) is 5.39 Å². The van der Waals surface area contributed by atoms with Crippen molar-refractivity contribution in [2.24, 2.45) is 0 Å². The van der Waals surface area contributed by atoms with Crippen molar-refractivity contribution in [1.29, 1.82) is 0 Å². The first-order valence-electron chi connectivity index (χ1n) is 8.40. The summed E-state index contributed by atoms with van der Waals surface area (Å²) in [6, 6.07) is 3.74. The third kappa shape index (κ3) is 4.14. The molecule has 2 aromatic rings. The Hall–Kier alpha value is -2.48. The number of aromatic nitrogens is 2. The van der Waals surface area contributed by atoms with Crippen LogP contribution in [0.5, 0.6) is 0 Å². The number of fused-ring (bicyclic) bond motifs is 1. The molecule has 8 heteroatoms. The van der Waals surface area contributed by atoms with Crippen LogP contribution in [-0.4, -0.2) is 27.0 Å². The van der Waals surface area contributed by atoms with Crippen LogP contribution in [0.3, 0.4) is 0 Å². The van der Waals surface area contributed by atoms with Crippen molar-refractivity contribution in [3.8, 4) is 0 Å². The fourth-order valence-corrected chi connectivity index (χ4v) is 3.24. The summed E-state index contributed by atoms with van der Waals surface area (Å²) in [5, 5.41) is 3.92. The SMILES string of the molecule is Cc1ccc2c(=O)c(C(=O)NNC(=S)NC3CCCCC3)c[nH]c2n1. The molecule has 7 nitrogen and oxygen atoms in total. The highest BCUT2D eigenvalue weighted by molar-refractivity contribution is 7.80. The second-order valence-corrected chi connectivity index (χ2v) is 6.68. The molecule has 1 amide bonds. The van der Waals surface area contributed by atoms with Gasteiger partial charge in [-0.25, -0.2) is 4.98 Å². The Morgan fingerprint density at radius 2 is 2.00 bits per heavy atom. The fourth-order valence-electron chi connectivity index (χ4n) is 3.02. The van der Waals surface area contributed by atoms with E-state index in [2.05, 4.69) is 26.1 Å². The van der Waals surface area contributed by atoms with Gasteiger partial charge in [0.1, 0.15) is 11.2 Å². The maximum atomic E-state index is 12.4. The number of amides is 1. The summed E-state index contributed by atoms with van der Waals surface area (Å²) in [6.45, 7) is 1.84. The number of nitrogens with one attached hydrogen (secondary N) is 4. The number of carbonyl (C=O) groups is 1. The molecule has 0 aliphatic heterocycles. The van der Waals surface area contributed by atoms with Gasteiger partial charge < -0.3 is 10.3 Å². The number of aromatic amines is 1. The standard InChI is InChI=1S/C17H21N5O2S/c1-10-7-8-12-14(23)13(9-18-15(12)19-10)16(24)21-22-17(25)20-11-5-3-2-4-6-11/h7-9,11H,2-6H2,1H3,(H,21,24)(H,18,19,23)(H2,20,22,25). The molecule has 0 bridgehead atoms. The molecule has 3 rings (SSSR count). The van der Waals surface area contributed by atoms with Crippen LogP contribution in [0.4, 0.5) is 0 Å². The van der Waals surface area contributed by atoms with Gasteiger partial charge in [-0.15, -0.1) is 0 Å². The number of hydrogen-bond acceptors (Lipinski definition) is 4. The largest absolute Gasteiger partial charge is 0.359 e. The van der Waals surface area contributed by atoms with Gasteiger partial charge >= 0.3 is 0 Å². The predicted octanol–water partition coefficient (Wildman–Crippen LogP) is 1.67. The second-order valence-electron chi connectivity index (χ2n) is 6.27. The molecule has 2 heterocycles. The molecule has 0 unspecified atom stereocenters. The zero-order valence-corrected chi connectivity index (χ0v) is 14.8. The highest BCUT2D eigenvalue weighted by atomic mass is 32.1. The second kappa shape index (κ2) is 7.60. The van der Waals surface area contributed by atoms with Gasteiger partial charge in [0, 0.05) is 17.9 Å². The molecule has 132 valence electrons. The first-order valence-corrected chi connectivity index (χ1v) is 8.81. The topological polar surface area (TPSA) is 98.9 Å². The van der Waals surface area contributed by atoms with Gasteiger partial charge in [-0.05, 0) is 44.1 Å². The number of carbonyl (C=O) groups excluding carboxylic acids is 1. The number of H-pyrrole nitrogens is 1. The van der Waals surface area contributed by atoms with E-state index in [4.69, 9.17) is 12.2 Å². The summed E-state index contributed by atoms with van der Waals surface area (Å²) in [5.41, 5.74) is 6.03. The van der Waals surface area contributed by atoms with E-state index >= 15 is 0 Å².